The average Bonchev–Trinajstić information content (AvgIpc) is 2.27. The van der Waals surface area contributed by atoms with Crippen LogP contribution in [0.1, 0.15) is 13.3 Å². The van der Waals surface area contributed by atoms with Gasteiger partial charge in [0.1, 0.15) is 6.04 Å². The molecule has 1 atom stereocenters. The zero-order chi connectivity index (χ0) is 12.0. The summed E-state index contributed by atoms with van der Waals surface area (Å²) in [4.78, 5) is 10.9. The van der Waals surface area contributed by atoms with Gasteiger partial charge in [-0.15, -0.1) is 0 Å². The number of rotatable bonds is 3. The third-order valence-electron chi connectivity index (χ3n) is 2.48. The van der Waals surface area contributed by atoms with Gasteiger partial charge in [-0.1, -0.05) is 37.0 Å². The van der Waals surface area contributed by atoms with Crippen LogP contribution in [0.5, 0.6) is 0 Å². The Balaban J connectivity index is 2.89. The van der Waals surface area contributed by atoms with Crippen LogP contribution in [-0.2, 0) is 4.79 Å². The van der Waals surface area contributed by atoms with E-state index in [0.717, 1.165) is 11.1 Å². The van der Waals surface area contributed by atoms with E-state index in [-0.39, 0.29) is 0 Å². The van der Waals surface area contributed by atoms with E-state index in [4.69, 9.17) is 5.11 Å². The van der Waals surface area contributed by atoms with E-state index in [1.165, 1.54) is 0 Å². The Morgan fingerprint density at radius 2 is 2.25 bits per heavy atom. The number of carboxylic acids is 1. The Bertz CT molecular complexity index is 364. The summed E-state index contributed by atoms with van der Waals surface area (Å²) in [7, 11) is 0. The van der Waals surface area contributed by atoms with Gasteiger partial charge >= 0.3 is 5.97 Å². The molecule has 0 aromatic rings. The molecule has 0 radical (unpaired) electrons. The highest BCUT2D eigenvalue weighted by Crippen LogP contribution is 2.21. The predicted octanol–water partition coefficient (Wildman–Crippen LogP) is 2.05. The fourth-order valence-electron chi connectivity index (χ4n) is 1.64. The molecular formula is C13H17NO2. The lowest BCUT2D eigenvalue weighted by Gasteiger charge is -2.25. The molecule has 1 saturated heterocycles. The summed E-state index contributed by atoms with van der Waals surface area (Å²) in [6.07, 6.45) is 9.97. The summed E-state index contributed by atoms with van der Waals surface area (Å²) < 4.78 is 0. The molecular weight excluding hydrogens is 202 g/mol. The zero-order valence-electron chi connectivity index (χ0n) is 9.44. The van der Waals surface area contributed by atoms with Gasteiger partial charge in [0.25, 0.3) is 0 Å². The Labute approximate surface area is 95.9 Å². The molecule has 1 aliphatic heterocycles. The molecule has 1 rings (SSSR count). The summed E-state index contributed by atoms with van der Waals surface area (Å²) in [5, 5.41) is 11.9. The van der Waals surface area contributed by atoms with Gasteiger partial charge in [-0.25, -0.2) is 0 Å². The molecule has 1 aliphatic rings. The molecule has 1 fully saturated rings. The van der Waals surface area contributed by atoms with E-state index < -0.39 is 12.0 Å². The second kappa shape index (κ2) is 6.08. The van der Waals surface area contributed by atoms with E-state index in [1.54, 1.807) is 6.08 Å². The van der Waals surface area contributed by atoms with Gasteiger partial charge in [0.05, 0.1) is 0 Å². The highest BCUT2D eigenvalue weighted by molar-refractivity contribution is 5.75. The topological polar surface area (TPSA) is 49.3 Å². The van der Waals surface area contributed by atoms with Crippen LogP contribution in [0.3, 0.4) is 0 Å². The number of hydrogen-bond acceptors (Lipinski definition) is 2. The van der Waals surface area contributed by atoms with Crippen LogP contribution in [-0.4, -0.2) is 23.7 Å². The highest BCUT2D eigenvalue weighted by atomic mass is 16.4. The summed E-state index contributed by atoms with van der Waals surface area (Å²) in [5.74, 6) is -0.802. The number of hydrogen-bond donors (Lipinski definition) is 2. The molecule has 1 heterocycles. The third-order valence-corrected chi connectivity index (χ3v) is 2.48. The van der Waals surface area contributed by atoms with E-state index >= 15 is 0 Å². The predicted molar refractivity (Wildman–Crippen MR) is 65.2 cm³/mol. The molecule has 0 aliphatic carbocycles. The van der Waals surface area contributed by atoms with Crippen LogP contribution < -0.4 is 5.32 Å². The van der Waals surface area contributed by atoms with Crippen molar-refractivity contribution in [1.82, 2.24) is 5.32 Å². The van der Waals surface area contributed by atoms with Crippen LogP contribution in [0.4, 0.5) is 0 Å². The van der Waals surface area contributed by atoms with Crippen molar-refractivity contribution in [3.8, 4) is 0 Å². The molecule has 0 amide bonds. The smallest absolute Gasteiger partial charge is 0.321 e. The van der Waals surface area contributed by atoms with E-state index in [9.17, 15) is 4.79 Å². The van der Waals surface area contributed by atoms with Gasteiger partial charge in [0, 0.05) is 6.54 Å². The fourth-order valence-corrected chi connectivity index (χ4v) is 1.64. The Kier molecular flexibility index (Phi) is 4.73. The third kappa shape index (κ3) is 3.21. The highest BCUT2D eigenvalue weighted by Gasteiger charge is 2.24. The second-order valence-corrected chi connectivity index (χ2v) is 3.62. The van der Waals surface area contributed by atoms with Crippen molar-refractivity contribution in [2.45, 2.75) is 19.4 Å². The molecule has 1 unspecified atom stereocenters. The average molecular weight is 219 g/mol. The quantitative estimate of drug-likeness (QED) is 0.763. The summed E-state index contributed by atoms with van der Waals surface area (Å²) in [6.45, 7) is 6.17. The molecule has 0 saturated carbocycles. The van der Waals surface area contributed by atoms with Crippen molar-refractivity contribution in [3.63, 3.8) is 0 Å². The second-order valence-electron chi connectivity index (χ2n) is 3.62. The van der Waals surface area contributed by atoms with Gasteiger partial charge in [0.2, 0.25) is 0 Å². The lowest BCUT2D eigenvalue weighted by Crippen LogP contribution is -2.42. The van der Waals surface area contributed by atoms with Gasteiger partial charge in [0.15, 0.2) is 0 Å². The lowest BCUT2D eigenvalue weighted by molar-refractivity contribution is -0.139. The first-order valence-corrected chi connectivity index (χ1v) is 5.29. The van der Waals surface area contributed by atoms with Gasteiger partial charge in [-0.2, -0.15) is 0 Å². The molecule has 16 heavy (non-hydrogen) atoms. The van der Waals surface area contributed by atoms with Crippen LogP contribution >= 0.6 is 0 Å². The lowest BCUT2D eigenvalue weighted by atomic mass is 9.93. The van der Waals surface area contributed by atoms with E-state index in [2.05, 4.69) is 11.9 Å². The van der Waals surface area contributed by atoms with E-state index in [0.29, 0.717) is 13.0 Å². The number of carbonyl (C=O) groups is 1. The fraction of sp³-hybridized carbons (Fsp3) is 0.308. The minimum absolute atomic E-state index is 0.488. The van der Waals surface area contributed by atoms with Crippen molar-refractivity contribution in [3.05, 3.63) is 48.1 Å². The summed E-state index contributed by atoms with van der Waals surface area (Å²) in [5.41, 5.74) is 2.16. The van der Waals surface area contributed by atoms with Gasteiger partial charge in [-0.05, 0) is 24.5 Å². The number of allylic oxidation sites excluding steroid dienone is 5. The first-order chi connectivity index (χ1) is 7.69. The normalized spacial score (nSPS) is 26.4. The van der Waals surface area contributed by atoms with E-state index in [1.807, 2.05) is 31.2 Å². The first-order valence-electron chi connectivity index (χ1n) is 5.29. The van der Waals surface area contributed by atoms with Crippen molar-refractivity contribution in [1.29, 1.82) is 0 Å². The van der Waals surface area contributed by atoms with Crippen LogP contribution in [0.2, 0.25) is 0 Å². The van der Waals surface area contributed by atoms with Crippen LogP contribution in [0, 0.1) is 0 Å². The molecule has 0 aromatic heterocycles. The maximum absolute atomic E-state index is 10.9. The molecule has 0 aromatic carbocycles. The van der Waals surface area contributed by atoms with Crippen molar-refractivity contribution in [2.24, 2.45) is 0 Å². The minimum Gasteiger partial charge on any atom is -0.480 e. The SMILES string of the molecule is C=C/C=C1/CNC(C(=O)O)C/C1=C/C=C\C. The molecule has 0 spiro atoms. The van der Waals surface area contributed by atoms with Crippen LogP contribution in [0.15, 0.2) is 48.1 Å². The molecule has 3 heteroatoms. The minimum atomic E-state index is -0.802. The monoisotopic (exact) mass is 219 g/mol. The van der Waals surface area contributed by atoms with Gasteiger partial charge < -0.3 is 10.4 Å². The molecule has 2 N–H and O–H groups in total. The Hall–Kier alpha value is -1.61. The standard InChI is InChI=1S/C13H17NO2/c1-3-5-7-10-8-12(13(15)16)14-9-11(10)6-4-2/h3-7,12,14H,2,8-9H2,1H3,(H,15,16)/b5-3-,10-7-,11-6-. The molecule has 3 nitrogen and oxygen atoms in total. The number of nitrogens with one attached hydrogen (secondary N) is 1. The number of aliphatic carboxylic acids is 1. The van der Waals surface area contributed by atoms with Crippen molar-refractivity contribution < 1.29 is 9.90 Å². The summed E-state index contributed by atoms with van der Waals surface area (Å²) >= 11 is 0. The Morgan fingerprint density at radius 3 is 2.81 bits per heavy atom. The molecule has 0 bridgehead atoms. The first kappa shape index (κ1) is 12.5. The largest absolute Gasteiger partial charge is 0.480 e. The maximum Gasteiger partial charge on any atom is 0.321 e. The maximum atomic E-state index is 10.9. The number of carboxylic acid groups (broad SMARTS) is 1. The zero-order valence-corrected chi connectivity index (χ0v) is 9.44. The van der Waals surface area contributed by atoms with Gasteiger partial charge in [-0.3, -0.25) is 4.79 Å². The Morgan fingerprint density at radius 1 is 1.50 bits per heavy atom. The molecule has 86 valence electrons. The number of piperidine rings is 1. The van der Waals surface area contributed by atoms with Crippen molar-refractivity contribution in [2.75, 3.05) is 6.54 Å². The van der Waals surface area contributed by atoms with Crippen LogP contribution in [0.25, 0.3) is 0 Å². The van der Waals surface area contributed by atoms with Crippen molar-refractivity contribution >= 4 is 5.97 Å². The summed E-state index contributed by atoms with van der Waals surface area (Å²) in [6, 6.07) is -0.488.